The highest BCUT2D eigenvalue weighted by Gasteiger charge is 2.26. The Morgan fingerprint density at radius 2 is 2.14 bits per heavy atom. The third-order valence-corrected chi connectivity index (χ3v) is 5.44. The van der Waals surface area contributed by atoms with Gasteiger partial charge in [-0.05, 0) is 50.9 Å². The summed E-state index contributed by atoms with van der Waals surface area (Å²) < 4.78 is 25.9. The van der Waals surface area contributed by atoms with Gasteiger partial charge in [-0.25, -0.2) is 13.1 Å². The maximum atomic E-state index is 11.8. The fourth-order valence-electron chi connectivity index (χ4n) is 2.53. The molecule has 1 aliphatic rings. The van der Waals surface area contributed by atoms with Crippen molar-refractivity contribution in [2.75, 3.05) is 30.8 Å². The van der Waals surface area contributed by atoms with E-state index >= 15 is 0 Å². The van der Waals surface area contributed by atoms with Gasteiger partial charge in [0.25, 0.3) is 0 Å². The summed E-state index contributed by atoms with van der Waals surface area (Å²) in [7, 11) is -2.17. The maximum absolute atomic E-state index is 11.8. The molecule has 0 saturated heterocycles. The van der Waals surface area contributed by atoms with Crippen LogP contribution < -0.4 is 15.4 Å². The van der Waals surface area contributed by atoms with Crippen LogP contribution in [0.4, 0.5) is 11.4 Å². The van der Waals surface area contributed by atoms with Crippen LogP contribution in [0.25, 0.3) is 0 Å². The van der Waals surface area contributed by atoms with Crippen molar-refractivity contribution in [2.24, 2.45) is 0 Å². The van der Waals surface area contributed by atoms with E-state index in [0.29, 0.717) is 12.5 Å². The quantitative estimate of drug-likeness (QED) is 0.651. The minimum absolute atomic E-state index is 0.101. The Bertz CT molecular complexity index is 585. The zero-order valence-electron chi connectivity index (χ0n) is 12.2. The van der Waals surface area contributed by atoms with Crippen LogP contribution in [-0.4, -0.2) is 39.8 Å². The van der Waals surface area contributed by atoms with Gasteiger partial charge >= 0.3 is 0 Å². The van der Waals surface area contributed by atoms with E-state index in [-0.39, 0.29) is 17.2 Å². The molecule has 0 amide bonds. The summed E-state index contributed by atoms with van der Waals surface area (Å²) in [5, 5.41) is 9.03. The Kier molecular flexibility index (Phi) is 5.08. The van der Waals surface area contributed by atoms with Crippen molar-refractivity contribution in [3.05, 3.63) is 18.2 Å². The Hall–Kier alpha value is -1.31. The molecule has 7 heteroatoms. The first kappa shape index (κ1) is 16.1. The molecule has 0 bridgehead atoms. The van der Waals surface area contributed by atoms with Gasteiger partial charge in [0, 0.05) is 24.9 Å². The number of aliphatic hydroxyl groups is 1. The Morgan fingerprint density at radius 3 is 2.62 bits per heavy atom. The van der Waals surface area contributed by atoms with Gasteiger partial charge in [0.1, 0.15) is 4.90 Å². The molecular formula is C14H23N3O3S. The van der Waals surface area contributed by atoms with Gasteiger partial charge in [0.15, 0.2) is 0 Å². The molecule has 1 saturated carbocycles. The minimum Gasteiger partial charge on any atom is -0.398 e. The maximum Gasteiger partial charge on any atom is 0.242 e. The minimum atomic E-state index is -3.53. The van der Waals surface area contributed by atoms with Gasteiger partial charge in [-0.2, -0.15) is 0 Å². The van der Waals surface area contributed by atoms with Crippen LogP contribution in [0, 0.1) is 0 Å². The molecule has 2 rings (SSSR count). The summed E-state index contributed by atoms with van der Waals surface area (Å²) in [6.45, 7) is 0.893. The van der Waals surface area contributed by atoms with Crippen LogP contribution in [-0.2, 0) is 10.0 Å². The van der Waals surface area contributed by atoms with Crippen molar-refractivity contribution in [2.45, 2.75) is 36.6 Å². The average molecular weight is 313 g/mol. The number of nitrogens with two attached hydrogens (primary N) is 1. The van der Waals surface area contributed by atoms with Gasteiger partial charge < -0.3 is 15.7 Å². The number of aliphatic hydroxyl groups excluding tert-OH is 1. The van der Waals surface area contributed by atoms with Crippen molar-refractivity contribution >= 4 is 21.4 Å². The SMILES string of the molecule is CNS(=O)(=O)c1ccc(N(CCCO)C2CCC2)cc1N. The standard InChI is InChI=1S/C14H23N3O3S/c1-16-21(19,20)14-7-6-12(10-13(14)15)17(8-3-9-18)11-4-2-5-11/h6-7,10-11,16,18H,2-5,8-9,15H2,1H3. The zero-order valence-corrected chi connectivity index (χ0v) is 13.1. The number of nitrogen functional groups attached to an aromatic ring is 1. The number of rotatable bonds is 7. The second-order valence-corrected chi connectivity index (χ2v) is 7.14. The lowest BCUT2D eigenvalue weighted by Gasteiger charge is -2.39. The number of sulfonamides is 1. The molecule has 1 aromatic rings. The lowest BCUT2D eigenvalue weighted by Crippen LogP contribution is -2.41. The molecular weight excluding hydrogens is 290 g/mol. The molecule has 0 atom stereocenters. The first-order chi connectivity index (χ1) is 9.99. The van der Waals surface area contributed by atoms with E-state index in [1.807, 2.05) is 0 Å². The predicted molar refractivity (Wildman–Crippen MR) is 83.8 cm³/mol. The highest BCUT2D eigenvalue weighted by atomic mass is 32.2. The number of hydrogen-bond acceptors (Lipinski definition) is 5. The van der Waals surface area contributed by atoms with Crippen molar-refractivity contribution in [3.8, 4) is 0 Å². The first-order valence-corrected chi connectivity index (χ1v) is 8.68. The number of nitrogens with zero attached hydrogens (tertiary/aromatic N) is 1. The van der Waals surface area contributed by atoms with Crippen LogP contribution in [0.5, 0.6) is 0 Å². The van der Waals surface area contributed by atoms with Crippen molar-refractivity contribution in [1.29, 1.82) is 0 Å². The molecule has 0 unspecified atom stereocenters. The fraction of sp³-hybridized carbons (Fsp3) is 0.571. The van der Waals surface area contributed by atoms with E-state index < -0.39 is 10.0 Å². The van der Waals surface area contributed by atoms with Gasteiger partial charge in [0.2, 0.25) is 10.0 Å². The van der Waals surface area contributed by atoms with Crippen molar-refractivity contribution in [3.63, 3.8) is 0 Å². The lowest BCUT2D eigenvalue weighted by molar-refractivity contribution is 0.283. The summed E-state index contributed by atoms with van der Waals surface area (Å²) in [4.78, 5) is 2.32. The normalized spacial score (nSPS) is 15.7. The van der Waals surface area contributed by atoms with Crippen LogP contribution >= 0.6 is 0 Å². The summed E-state index contributed by atoms with van der Waals surface area (Å²) in [6.07, 6.45) is 4.15. The largest absolute Gasteiger partial charge is 0.398 e. The predicted octanol–water partition coefficient (Wildman–Crippen LogP) is 0.918. The van der Waals surface area contributed by atoms with Gasteiger partial charge in [0.05, 0.1) is 5.69 Å². The van der Waals surface area contributed by atoms with Gasteiger partial charge in [-0.1, -0.05) is 0 Å². The smallest absolute Gasteiger partial charge is 0.242 e. The highest BCUT2D eigenvalue weighted by Crippen LogP contribution is 2.32. The molecule has 0 spiro atoms. The second kappa shape index (κ2) is 6.64. The topological polar surface area (TPSA) is 95.7 Å². The third kappa shape index (κ3) is 3.48. The second-order valence-electron chi connectivity index (χ2n) is 5.28. The number of hydrogen-bond donors (Lipinski definition) is 3. The van der Waals surface area contributed by atoms with E-state index in [4.69, 9.17) is 10.8 Å². The molecule has 4 N–H and O–H groups in total. The van der Waals surface area contributed by atoms with E-state index in [9.17, 15) is 8.42 Å². The molecule has 118 valence electrons. The van der Waals surface area contributed by atoms with Gasteiger partial charge in [-0.15, -0.1) is 0 Å². The van der Waals surface area contributed by atoms with E-state index in [2.05, 4.69) is 9.62 Å². The average Bonchev–Trinajstić information content (AvgIpc) is 2.40. The van der Waals surface area contributed by atoms with Crippen LogP contribution in [0.15, 0.2) is 23.1 Å². The zero-order chi connectivity index (χ0) is 15.5. The molecule has 0 heterocycles. The molecule has 0 aromatic heterocycles. The first-order valence-electron chi connectivity index (χ1n) is 7.20. The molecule has 6 nitrogen and oxygen atoms in total. The van der Waals surface area contributed by atoms with Crippen molar-refractivity contribution < 1.29 is 13.5 Å². The summed E-state index contributed by atoms with van der Waals surface area (Å²) in [5.41, 5.74) is 7.08. The molecule has 1 aromatic carbocycles. The monoisotopic (exact) mass is 313 g/mol. The van der Waals surface area contributed by atoms with Crippen LogP contribution in [0.1, 0.15) is 25.7 Å². The molecule has 1 fully saturated rings. The molecule has 1 aliphatic carbocycles. The van der Waals surface area contributed by atoms with E-state index in [1.54, 1.807) is 18.2 Å². The number of benzene rings is 1. The summed E-state index contributed by atoms with van der Waals surface area (Å²) >= 11 is 0. The summed E-state index contributed by atoms with van der Waals surface area (Å²) in [5.74, 6) is 0. The highest BCUT2D eigenvalue weighted by molar-refractivity contribution is 7.89. The molecule has 0 aliphatic heterocycles. The van der Waals surface area contributed by atoms with Gasteiger partial charge in [-0.3, -0.25) is 0 Å². The van der Waals surface area contributed by atoms with Crippen molar-refractivity contribution in [1.82, 2.24) is 4.72 Å². The van der Waals surface area contributed by atoms with E-state index in [1.165, 1.54) is 13.5 Å². The van der Waals surface area contributed by atoms with E-state index in [0.717, 1.165) is 25.1 Å². The number of nitrogens with one attached hydrogen (secondary N) is 1. The fourth-order valence-corrected chi connectivity index (χ4v) is 3.37. The lowest BCUT2D eigenvalue weighted by atomic mass is 9.91. The Balaban J connectivity index is 2.28. The molecule has 0 radical (unpaired) electrons. The Labute approximate surface area is 126 Å². The number of anilines is 2. The molecule has 21 heavy (non-hydrogen) atoms. The Morgan fingerprint density at radius 1 is 1.43 bits per heavy atom. The van der Waals surface area contributed by atoms with Crippen LogP contribution in [0.2, 0.25) is 0 Å². The third-order valence-electron chi connectivity index (χ3n) is 3.96. The van der Waals surface area contributed by atoms with Crippen LogP contribution in [0.3, 0.4) is 0 Å². The summed E-state index contributed by atoms with van der Waals surface area (Å²) in [6, 6.07) is 5.50.